The molecule has 3 aliphatic heterocycles. The number of hydrogen-bond acceptors (Lipinski definition) is 4. The van der Waals surface area contributed by atoms with Crippen LogP contribution in [0.3, 0.4) is 0 Å². The summed E-state index contributed by atoms with van der Waals surface area (Å²) in [5.74, 6) is 1.56. The minimum absolute atomic E-state index is 0.192. The van der Waals surface area contributed by atoms with E-state index in [9.17, 15) is 9.59 Å². The summed E-state index contributed by atoms with van der Waals surface area (Å²) in [7, 11) is 2.12. The lowest BCUT2D eigenvalue weighted by Crippen LogP contribution is -2.47. The molecule has 0 atom stereocenters. The summed E-state index contributed by atoms with van der Waals surface area (Å²) in [4.78, 5) is 32.0. The number of nitrogens with one attached hydrogen (secondary N) is 1. The zero-order chi connectivity index (χ0) is 19.2. The van der Waals surface area contributed by atoms with Crippen LogP contribution in [0.5, 0.6) is 0 Å². The van der Waals surface area contributed by atoms with Crippen molar-refractivity contribution in [1.82, 2.24) is 20.0 Å². The maximum Gasteiger partial charge on any atom is 0.225 e. The first kappa shape index (κ1) is 20.6. The van der Waals surface area contributed by atoms with Crippen molar-refractivity contribution in [3.05, 3.63) is 0 Å². The smallest absolute Gasteiger partial charge is 0.225 e. The second-order valence-corrected chi connectivity index (χ2v) is 8.80. The number of amides is 2. The van der Waals surface area contributed by atoms with E-state index in [-0.39, 0.29) is 17.7 Å². The van der Waals surface area contributed by atoms with Crippen LogP contribution in [0, 0.1) is 17.8 Å². The quantitative estimate of drug-likeness (QED) is 0.786. The van der Waals surface area contributed by atoms with Crippen LogP contribution in [-0.2, 0) is 9.59 Å². The van der Waals surface area contributed by atoms with Gasteiger partial charge in [-0.15, -0.1) is 0 Å². The summed E-state index contributed by atoms with van der Waals surface area (Å²) in [5.41, 5.74) is 0. The molecule has 3 rings (SSSR count). The van der Waals surface area contributed by atoms with Gasteiger partial charge in [-0.2, -0.15) is 0 Å². The van der Waals surface area contributed by atoms with Gasteiger partial charge in [-0.3, -0.25) is 9.59 Å². The summed E-state index contributed by atoms with van der Waals surface area (Å²) in [5, 5.41) is 3.19. The monoisotopic (exact) mass is 378 g/mol. The van der Waals surface area contributed by atoms with Gasteiger partial charge >= 0.3 is 0 Å². The van der Waals surface area contributed by atoms with Gasteiger partial charge in [-0.25, -0.2) is 0 Å². The van der Waals surface area contributed by atoms with Crippen LogP contribution in [0.4, 0.5) is 0 Å². The highest BCUT2D eigenvalue weighted by Gasteiger charge is 2.31. The molecule has 3 aliphatic rings. The predicted octanol–water partition coefficient (Wildman–Crippen LogP) is 1.41. The lowest BCUT2D eigenvalue weighted by molar-refractivity contribution is -0.138. The lowest BCUT2D eigenvalue weighted by atomic mass is 9.91. The molecule has 154 valence electrons. The summed E-state index contributed by atoms with van der Waals surface area (Å²) >= 11 is 0. The van der Waals surface area contributed by atoms with Crippen LogP contribution in [-0.4, -0.2) is 85.9 Å². The average Bonchev–Trinajstić information content (AvgIpc) is 2.72. The van der Waals surface area contributed by atoms with Crippen molar-refractivity contribution in [3.8, 4) is 0 Å². The van der Waals surface area contributed by atoms with Crippen molar-refractivity contribution < 1.29 is 9.59 Å². The Morgan fingerprint density at radius 1 is 0.852 bits per heavy atom. The van der Waals surface area contributed by atoms with Crippen molar-refractivity contribution in [1.29, 1.82) is 0 Å². The molecule has 0 aromatic rings. The number of carbonyl (C=O) groups is 2. The molecule has 0 aromatic heterocycles. The summed E-state index contributed by atoms with van der Waals surface area (Å²) in [6.07, 6.45) is 6.02. The number of hydrogen-bond donors (Lipinski definition) is 1. The van der Waals surface area contributed by atoms with Crippen molar-refractivity contribution in [2.24, 2.45) is 17.8 Å². The third-order valence-corrected chi connectivity index (χ3v) is 6.96. The largest absolute Gasteiger partial charge is 0.356 e. The van der Waals surface area contributed by atoms with Gasteiger partial charge < -0.3 is 20.0 Å². The van der Waals surface area contributed by atoms with E-state index in [4.69, 9.17) is 0 Å². The molecule has 3 heterocycles. The van der Waals surface area contributed by atoms with Gasteiger partial charge in [0.05, 0.1) is 0 Å². The highest BCUT2D eigenvalue weighted by molar-refractivity contribution is 5.79. The summed E-state index contributed by atoms with van der Waals surface area (Å²) in [6.45, 7) is 9.96. The van der Waals surface area contributed by atoms with Gasteiger partial charge in [0, 0.05) is 31.5 Å². The standard InChI is InChI=1S/C21H38N4O2/c1-3-24-12-8-19(9-13-24)21(27)25-14-4-17(5-15-25)16-22-20(26)18-6-10-23(2)11-7-18/h17-19H,3-16H2,1-2H3,(H,22,26). The molecule has 0 saturated carbocycles. The van der Waals surface area contributed by atoms with E-state index in [1.54, 1.807) is 0 Å². The van der Waals surface area contributed by atoms with Crippen molar-refractivity contribution in [3.63, 3.8) is 0 Å². The van der Waals surface area contributed by atoms with E-state index in [0.717, 1.165) is 90.9 Å². The Balaban J connectivity index is 1.34. The molecule has 1 N–H and O–H groups in total. The fourth-order valence-electron chi connectivity index (χ4n) is 4.77. The second kappa shape index (κ2) is 9.87. The number of likely N-dealkylation sites (tertiary alicyclic amines) is 3. The Bertz CT molecular complexity index is 488. The molecule has 0 radical (unpaired) electrons. The van der Waals surface area contributed by atoms with Gasteiger partial charge in [0.15, 0.2) is 0 Å². The second-order valence-electron chi connectivity index (χ2n) is 8.80. The first-order valence-corrected chi connectivity index (χ1v) is 11.0. The Morgan fingerprint density at radius 2 is 1.44 bits per heavy atom. The fourth-order valence-corrected chi connectivity index (χ4v) is 4.77. The van der Waals surface area contributed by atoms with Crippen molar-refractivity contribution >= 4 is 11.8 Å². The Labute approximate surface area is 164 Å². The third kappa shape index (κ3) is 5.67. The molecule has 27 heavy (non-hydrogen) atoms. The van der Waals surface area contributed by atoms with Crippen molar-refractivity contribution in [2.45, 2.75) is 45.4 Å². The van der Waals surface area contributed by atoms with Gasteiger partial charge in [0.25, 0.3) is 0 Å². The van der Waals surface area contributed by atoms with E-state index in [0.29, 0.717) is 11.8 Å². The fraction of sp³-hybridized carbons (Fsp3) is 0.905. The third-order valence-electron chi connectivity index (χ3n) is 6.96. The van der Waals surface area contributed by atoms with Crippen LogP contribution in [0.2, 0.25) is 0 Å². The first-order valence-electron chi connectivity index (χ1n) is 11.0. The van der Waals surface area contributed by atoms with Gasteiger partial charge in [-0.05, 0) is 84.2 Å². The molecule has 0 aliphatic carbocycles. The Morgan fingerprint density at radius 3 is 2.04 bits per heavy atom. The lowest BCUT2D eigenvalue weighted by Gasteiger charge is -2.37. The number of rotatable bonds is 5. The zero-order valence-electron chi connectivity index (χ0n) is 17.3. The average molecular weight is 379 g/mol. The van der Waals surface area contributed by atoms with E-state index >= 15 is 0 Å². The van der Waals surface area contributed by atoms with Gasteiger partial charge in [-0.1, -0.05) is 6.92 Å². The van der Waals surface area contributed by atoms with Gasteiger partial charge in [0.1, 0.15) is 0 Å². The number of nitrogens with zero attached hydrogens (tertiary/aromatic N) is 3. The predicted molar refractivity (Wildman–Crippen MR) is 107 cm³/mol. The minimum Gasteiger partial charge on any atom is -0.356 e. The molecule has 0 bridgehead atoms. The normalized spacial score (nSPS) is 24.9. The van der Waals surface area contributed by atoms with Crippen LogP contribution in [0.1, 0.15) is 45.4 Å². The van der Waals surface area contributed by atoms with Crippen molar-refractivity contribution in [2.75, 3.05) is 59.4 Å². The Hall–Kier alpha value is -1.14. The van der Waals surface area contributed by atoms with Crippen LogP contribution < -0.4 is 5.32 Å². The maximum atomic E-state index is 12.8. The Kier molecular flexibility index (Phi) is 7.53. The van der Waals surface area contributed by atoms with E-state index in [2.05, 4.69) is 34.0 Å². The molecule has 2 amide bonds. The topological polar surface area (TPSA) is 55.9 Å². The van der Waals surface area contributed by atoms with Crippen LogP contribution in [0.15, 0.2) is 0 Å². The summed E-state index contributed by atoms with van der Waals surface area (Å²) in [6, 6.07) is 0. The molecule has 0 aromatic carbocycles. The maximum absolute atomic E-state index is 12.8. The molecule has 6 heteroatoms. The molecular weight excluding hydrogens is 340 g/mol. The van der Waals surface area contributed by atoms with E-state index in [1.807, 2.05) is 0 Å². The molecule has 0 spiro atoms. The van der Waals surface area contributed by atoms with Gasteiger partial charge in [0.2, 0.25) is 11.8 Å². The zero-order valence-corrected chi connectivity index (χ0v) is 17.3. The summed E-state index contributed by atoms with van der Waals surface area (Å²) < 4.78 is 0. The molecule has 3 fully saturated rings. The molecule has 3 saturated heterocycles. The molecule has 0 unspecified atom stereocenters. The molecular formula is C21H38N4O2. The molecule has 6 nitrogen and oxygen atoms in total. The highest BCUT2D eigenvalue weighted by atomic mass is 16.2. The number of carbonyl (C=O) groups excluding carboxylic acids is 2. The number of piperidine rings is 3. The van der Waals surface area contributed by atoms with E-state index < -0.39 is 0 Å². The van der Waals surface area contributed by atoms with Crippen LogP contribution >= 0.6 is 0 Å². The SMILES string of the molecule is CCN1CCC(C(=O)N2CCC(CNC(=O)C3CCN(C)CC3)CC2)CC1. The van der Waals surface area contributed by atoms with E-state index in [1.165, 1.54) is 0 Å². The highest BCUT2D eigenvalue weighted by Crippen LogP contribution is 2.24. The first-order chi connectivity index (χ1) is 13.1. The van der Waals surface area contributed by atoms with Crippen LogP contribution in [0.25, 0.3) is 0 Å². The minimum atomic E-state index is 0.192.